The normalized spacial score (nSPS) is 16.2. The number of hydrogen-bond acceptors (Lipinski definition) is 5. The van der Waals surface area contributed by atoms with E-state index >= 15 is 0 Å². The van der Waals surface area contributed by atoms with Crippen LogP contribution in [0, 0.1) is 5.82 Å². The van der Waals surface area contributed by atoms with Crippen LogP contribution in [0.15, 0.2) is 30.3 Å². The summed E-state index contributed by atoms with van der Waals surface area (Å²) >= 11 is 0. The van der Waals surface area contributed by atoms with E-state index in [2.05, 4.69) is 0 Å². The van der Waals surface area contributed by atoms with Crippen LogP contribution in [0.5, 0.6) is 0 Å². The highest BCUT2D eigenvalue weighted by molar-refractivity contribution is 5.79. The van der Waals surface area contributed by atoms with Gasteiger partial charge in [-0.2, -0.15) is 0 Å². The SMILES string of the molecule is CC(=O)N(C)Cc1cc(N(C)C)nc(C2CCCCN2C(=O)Cc2ccc(F)cc2)n1. The Morgan fingerprint density at radius 1 is 1.13 bits per heavy atom. The number of carbonyl (C=O) groups is 2. The van der Waals surface area contributed by atoms with Crippen molar-refractivity contribution in [3.63, 3.8) is 0 Å². The van der Waals surface area contributed by atoms with Crippen LogP contribution < -0.4 is 4.90 Å². The Morgan fingerprint density at radius 3 is 2.48 bits per heavy atom. The maximum Gasteiger partial charge on any atom is 0.227 e. The van der Waals surface area contributed by atoms with Gasteiger partial charge < -0.3 is 14.7 Å². The van der Waals surface area contributed by atoms with Gasteiger partial charge in [0.1, 0.15) is 11.6 Å². The highest BCUT2D eigenvalue weighted by atomic mass is 19.1. The Hall–Kier alpha value is -3.03. The molecule has 1 unspecified atom stereocenters. The summed E-state index contributed by atoms with van der Waals surface area (Å²) in [6.45, 7) is 2.54. The summed E-state index contributed by atoms with van der Waals surface area (Å²) in [5.74, 6) is 0.973. The van der Waals surface area contributed by atoms with Crippen molar-refractivity contribution in [3.8, 4) is 0 Å². The molecule has 3 rings (SSSR count). The molecule has 2 amide bonds. The molecule has 1 saturated heterocycles. The van der Waals surface area contributed by atoms with Gasteiger partial charge in [0.05, 0.1) is 24.7 Å². The van der Waals surface area contributed by atoms with E-state index in [0.29, 0.717) is 18.9 Å². The zero-order valence-corrected chi connectivity index (χ0v) is 18.6. The summed E-state index contributed by atoms with van der Waals surface area (Å²) in [6.07, 6.45) is 2.92. The van der Waals surface area contributed by atoms with Gasteiger partial charge in [-0.1, -0.05) is 12.1 Å². The summed E-state index contributed by atoms with van der Waals surface area (Å²) < 4.78 is 13.2. The van der Waals surface area contributed by atoms with E-state index in [9.17, 15) is 14.0 Å². The van der Waals surface area contributed by atoms with Gasteiger partial charge >= 0.3 is 0 Å². The van der Waals surface area contributed by atoms with Gasteiger partial charge in [-0.3, -0.25) is 9.59 Å². The van der Waals surface area contributed by atoms with Gasteiger partial charge in [0, 0.05) is 40.7 Å². The minimum Gasteiger partial charge on any atom is -0.363 e. The maximum atomic E-state index is 13.2. The monoisotopic (exact) mass is 427 g/mol. The van der Waals surface area contributed by atoms with Crippen molar-refractivity contribution in [1.29, 1.82) is 0 Å². The lowest BCUT2D eigenvalue weighted by Crippen LogP contribution is -2.40. The maximum absolute atomic E-state index is 13.2. The second-order valence-electron chi connectivity index (χ2n) is 8.25. The Balaban J connectivity index is 1.88. The van der Waals surface area contributed by atoms with Gasteiger partial charge in [-0.25, -0.2) is 14.4 Å². The largest absolute Gasteiger partial charge is 0.363 e. The molecular weight excluding hydrogens is 397 g/mol. The van der Waals surface area contributed by atoms with Crippen molar-refractivity contribution in [2.24, 2.45) is 0 Å². The molecule has 0 saturated carbocycles. The number of piperidine rings is 1. The van der Waals surface area contributed by atoms with Crippen LogP contribution in [-0.4, -0.2) is 59.3 Å². The predicted molar refractivity (Wildman–Crippen MR) is 117 cm³/mol. The number of aromatic nitrogens is 2. The lowest BCUT2D eigenvalue weighted by atomic mass is 9.99. The molecule has 1 atom stereocenters. The van der Waals surface area contributed by atoms with E-state index in [0.717, 1.165) is 36.3 Å². The van der Waals surface area contributed by atoms with Crippen molar-refractivity contribution in [3.05, 3.63) is 53.2 Å². The molecule has 166 valence electrons. The van der Waals surface area contributed by atoms with E-state index in [-0.39, 0.29) is 30.1 Å². The number of likely N-dealkylation sites (tertiary alicyclic amines) is 1. The van der Waals surface area contributed by atoms with Gasteiger partial charge in [0.2, 0.25) is 11.8 Å². The third-order valence-corrected chi connectivity index (χ3v) is 5.57. The molecule has 0 N–H and O–H groups in total. The summed E-state index contributed by atoms with van der Waals surface area (Å²) in [6, 6.07) is 7.69. The summed E-state index contributed by atoms with van der Waals surface area (Å²) in [5.41, 5.74) is 1.52. The molecule has 0 aliphatic carbocycles. The number of rotatable bonds is 6. The molecular formula is C23H30FN5O2. The molecule has 31 heavy (non-hydrogen) atoms. The van der Waals surface area contributed by atoms with Crippen LogP contribution >= 0.6 is 0 Å². The minimum absolute atomic E-state index is 0.0161. The topological polar surface area (TPSA) is 69.6 Å². The van der Waals surface area contributed by atoms with Crippen LogP contribution in [0.4, 0.5) is 10.2 Å². The Kier molecular flexibility index (Phi) is 7.20. The van der Waals surface area contributed by atoms with Gasteiger partial charge in [0.15, 0.2) is 5.82 Å². The Bertz CT molecular complexity index is 932. The van der Waals surface area contributed by atoms with Crippen molar-refractivity contribution >= 4 is 17.6 Å². The summed E-state index contributed by atoms with van der Waals surface area (Å²) in [7, 11) is 5.55. The van der Waals surface area contributed by atoms with Crippen LogP contribution in [0.25, 0.3) is 0 Å². The lowest BCUT2D eigenvalue weighted by molar-refractivity contribution is -0.134. The summed E-state index contributed by atoms with van der Waals surface area (Å²) in [4.78, 5) is 39.6. The first-order valence-electron chi connectivity index (χ1n) is 10.6. The predicted octanol–water partition coefficient (Wildman–Crippen LogP) is 2.96. The molecule has 0 radical (unpaired) electrons. The number of anilines is 1. The van der Waals surface area contributed by atoms with Gasteiger partial charge in [-0.05, 0) is 37.0 Å². The van der Waals surface area contributed by atoms with Crippen LogP contribution in [0.2, 0.25) is 0 Å². The van der Waals surface area contributed by atoms with E-state index in [1.54, 1.807) is 24.1 Å². The first-order chi connectivity index (χ1) is 14.7. The molecule has 7 nitrogen and oxygen atoms in total. The van der Waals surface area contributed by atoms with Crippen LogP contribution in [0.1, 0.15) is 49.3 Å². The molecule has 8 heteroatoms. The third-order valence-electron chi connectivity index (χ3n) is 5.57. The molecule has 2 aromatic rings. The highest BCUT2D eigenvalue weighted by Gasteiger charge is 2.30. The van der Waals surface area contributed by atoms with Crippen molar-refractivity contribution in [2.45, 2.75) is 45.2 Å². The van der Waals surface area contributed by atoms with Crippen molar-refractivity contribution in [1.82, 2.24) is 19.8 Å². The number of nitrogens with zero attached hydrogens (tertiary/aromatic N) is 5. The van der Waals surface area contributed by atoms with E-state index in [1.807, 2.05) is 30.0 Å². The van der Waals surface area contributed by atoms with E-state index in [1.165, 1.54) is 19.1 Å². The molecule has 1 aromatic heterocycles. The van der Waals surface area contributed by atoms with Crippen molar-refractivity contribution in [2.75, 3.05) is 32.6 Å². The Labute approximate surface area is 182 Å². The molecule has 1 fully saturated rings. The number of hydrogen-bond donors (Lipinski definition) is 0. The second-order valence-corrected chi connectivity index (χ2v) is 8.25. The number of carbonyl (C=O) groups excluding carboxylic acids is 2. The molecule has 0 spiro atoms. The van der Waals surface area contributed by atoms with E-state index < -0.39 is 0 Å². The molecule has 1 aromatic carbocycles. The fraction of sp³-hybridized carbons (Fsp3) is 0.478. The lowest BCUT2D eigenvalue weighted by Gasteiger charge is -2.35. The average molecular weight is 428 g/mol. The quantitative estimate of drug-likeness (QED) is 0.709. The van der Waals surface area contributed by atoms with Crippen molar-refractivity contribution < 1.29 is 14.0 Å². The van der Waals surface area contributed by atoms with Gasteiger partial charge in [0.25, 0.3) is 0 Å². The van der Waals surface area contributed by atoms with Crippen LogP contribution in [0.3, 0.4) is 0 Å². The molecule has 0 bridgehead atoms. The number of benzene rings is 1. The fourth-order valence-electron chi connectivity index (χ4n) is 3.69. The fourth-order valence-corrected chi connectivity index (χ4v) is 3.69. The molecule has 2 heterocycles. The number of amides is 2. The minimum atomic E-state index is -0.316. The first-order valence-corrected chi connectivity index (χ1v) is 10.6. The second kappa shape index (κ2) is 9.85. The third kappa shape index (κ3) is 5.77. The highest BCUT2D eigenvalue weighted by Crippen LogP contribution is 2.31. The van der Waals surface area contributed by atoms with Gasteiger partial charge in [-0.15, -0.1) is 0 Å². The van der Waals surface area contributed by atoms with Crippen LogP contribution in [-0.2, 0) is 22.6 Å². The summed E-state index contributed by atoms with van der Waals surface area (Å²) in [5, 5.41) is 0. The average Bonchev–Trinajstić information content (AvgIpc) is 2.75. The molecule has 1 aliphatic rings. The standard InChI is InChI=1S/C23H30FN5O2/c1-16(30)28(4)15-19-14-21(27(2)3)26-23(25-19)20-7-5-6-12-29(20)22(31)13-17-8-10-18(24)11-9-17/h8-11,14,20H,5-7,12-13,15H2,1-4H3. The zero-order valence-electron chi connectivity index (χ0n) is 18.6. The van der Waals surface area contributed by atoms with E-state index in [4.69, 9.17) is 9.97 Å². The zero-order chi connectivity index (χ0) is 22.5. The number of halogens is 1. The Morgan fingerprint density at radius 2 is 1.84 bits per heavy atom. The smallest absolute Gasteiger partial charge is 0.227 e. The molecule has 1 aliphatic heterocycles. The first kappa shape index (κ1) is 22.7.